The number of carbonyl (C=O) groups is 4. The number of carboxylic acids is 3. The highest BCUT2D eigenvalue weighted by Gasteiger charge is 1.91. The van der Waals surface area contributed by atoms with E-state index in [0.717, 1.165) is 18.9 Å². The first-order valence-corrected chi connectivity index (χ1v) is 8.42. The zero-order valence-electron chi connectivity index (χ0n) is 17.8. The average Bonchev–Trinajstić information content (AvgIpc) is 2.69. The fourth-order valence-electron chi connectivity index (χ4n) is 0.376. The van der Waals surface area contributed by atoms with Crippen LogP contribution >= 0.6 is 0 Å². The van der Waals surface area contributed by atoms with Crippen molar-refractivity contribution in [2.75, 3.05) is 19.8 Å². The van der Waals surface area contributed by atoms with Crippen LogP contribution in [0.1, 0.15) is 33.6 Å². The molecule has 0 aromatic heterocycles. The van der Waals surface area contributed by atoms with E-state index in [9.17, 15) is 19.2 Å². The Morgan fingerprint density at radius 3 is 1.27 bits per heavy atom. The van der Waals surface area contributed by atoms with Gasteiger partial charge in [0.25, 0.3) is 0 Å². The Labute approximate surface area is 177 Å². The lowest BCUT2D eigenvalue weighted by Gasteiger charge is -1.97. The van der Waals surface area contributed by atoms with Crippen molar-refractivity contribution >= 4 is 23.9 Å². The van der Waals surface area contributed by atoms with E-state index >= 15 is 0 Å². The van der Waals surface area contributed by atoms with Gasteiger partial charge in [-0.2, -0.15) is 0 Å². The van der Waals surface area contributed by atoms with E-state index in [1.807, 2.05) is 6.92 Å². The molecule has 0 saturated heterocycles. The lowest BCUT2D eigenvalue weighted by molar-refractivity contribution is -0.138. The summed E-state index contributed by atoms with van der Waals surface area (Å²) in [5, 5.41) is 38.6. The third kappa shape index (κ3) is 64.2. The van der Waals surface area contributed by atoms with Crippen LogP contribution in [0.4, 0.5) is 0 Å². The first-order chi connectivity index (χ1) is 13.8. The predicted molar refractivity (Wildman–Crippen MR) is 113 cm³/mol. The summed E-state index contributed by atoms with van der Waals surface area (Å²) >= 11 is 0. The van der Waals surface area contributed by atoms with Crippen LogP contribution < -0.4 is 0 Å². The molecular formula is C20H34O10. The van der Waals surface area contributed by atoms with Gasteiger partial charge in [0.1, 0.15) is 0 Å². The smallest absolute Gasteiger partial charge is 0.330 e. The number of rotatable bonds is 8. The Kier molecular flexibility index (Phi) is 38.1. The molecule has 174 valence electrons. The third-order valence-electron chi connectivity index (χ3n) is 1.91. The Morgan fingerprint density at radius 1 is 0.833 bits per heavy atom. The molecule has 0 heterocycles. The van der Waals surface area contributed by atoms with Gasteiger partial charge in [-0.05, 0) is 20.3 Å². The normalized spacial score (nSPS) is 7.63. The molecule has 0 fully saturated rings. The molecule has 10 heteroatoms. The van der Waals surface area contributed by atoms with Crippen LogP contribution in [0.25, 0.3) is 0 Å². The second-order valence-electron chi connectivity index (χ2n) is 4.89. The Balaban J connectivity index is -0.0000000894. The van der Waals surface area contributed by atoms with E-state index in [4.69, 9.17) is 25.5 Å². The van der Waals surface area contributed by atoms with Crippen LogP contribution in [-0.4, -0.2) is 69.2 Å². The first kappa shape index (κ1) is 37.5. The maximum absolute atomic E-state index is 10.3. The van der Waals surface area contributed by atoms with E-state index in [1.54, 1.807) is 0 Å². The van der Waals surface area contributed by atoms with Crippen molar-refractivity contribution in [3.05, 3.63) is 49.6 Å². The van der Waals surface area contributed by atoms with Crippen LogP contribution in [0.15, 0.2) is 49.6 Å². The van der Waals surface area contributed by atoms with Crippen LogP contribution in [-0.2, 0) is 23.9 Å². The summed E-state index contributed by atoms with van der Waals surface area (Å²) in [5.41, 5.74) is 0.352. The van der Waals surface area contributed by atoms with Gasteiger partial charge in [0, 0.05) is 23.3 Å². The largest absolute Gasteiger partial charge is 0.478 e. The number of hydrogen-bond donors (Lipinski definition) is 5. The zero-order chi connectivity index (χ0) is 25.1. The molecule has 0 aromatic carbocycles. The molecule has 0 aromatic rings. The molecule has 0 spiro atoms. The van der Waals surface area contributed by atoms with Crippen LogP contribution in [0.5, 0.6) is 0 Å². The molecule has 0 aliphatic rings. The maximum atomic E-state index is 10.3. The second-order valence-corrected chi connectivity index (χ2v) is 4.89. The molecule has 10 nitrogen and oxygen atoms in total. The van der Waals surface area contributed by atoms with Crippen molar-refractivity contribution in [3.63, 3.8) is 0 Å². The molecular weight excluding hydrogens is 400 g/mol. The van der Waals surface area contributed by atoms with Crippen molar-refractivity contribution in [2.45, 2.75) is 33.6 Å². The highest BCUT2D eigenvalue weighted by atomic mass is 16.5. The van der Waals surface area contributed by atoms with E-state index in [-0.39, 0.29) is 30.3 Å². The van der Waals surface area contributed by atoms with E-state index < -0.39 is 17.9 Å². The lowest BCUT2D eigenvalue weighted by Crippen LogP contribution is -2.00. The summed E-state index contributed by atoms with van der Waals surface area (Å²) in [6.45, 7) is 17.7. The Bertz CT molecular complexity index is 486. The number of esters is 1. The third-order valence-corrected chi connectivity index (χ3v) is 1.91. The van der Waals surface area contributed by atoms with Crippen molar-refractivity contribution in [3.8, 4) is 0 Å². The summed E-state index contributed by atoms with van der Waals surface area (Å²) in [6, 6.07) is 0. The zero-order valence-corrected chi connectivity index (χ0v) is 17.8. The minimum absolute atomic E-state index is 0.125. The van der Waals surface area contributed by atoms with Crippen LogP contribution in [0.3, 0.4) is 0 Å². The SMILES string of the molecule is C=C(C)C(=O)O.C=C(C)C(=O)O.C=CC(=O)O.C=CC(=O)OCCCC.OCCO. The van der Waals surface area contributed by atoms with Crippen LogP contribution in [0.2, 0.25) is 0 Å². The Morgan fingerprint density at radius 2 is 1.13 bits per heavy atom. The van der Waals surface area contributed by atoms with E-state index in [0.29, 0.717) is 6.61 Å². The molecule has 0 atom stereocenters. The number of hydrogen-bond acceptors (Lipinski definition) is 7. The minimum atomic E-state index is -0.981. The number of aliphatic hydroxyl groups excluding tert-OH is 2. The van der Waals surface area contributed by atoms with Crippen molar-refractivity contribution in [1.29, 1.82) is 0 Å². The number of unbranched alkanes of at least 4 members (excludes halogenated alkanes) is 1. The van der Waals surface area contributed by atoms with Gasteiger partial charge in [-0.25, -0.2) is 19.2 Å². The van der Waals surface area contributed by atoms with Crippen LogP contribution in [0, 0.1) is 0 Å². The fourth-order valence-corrected chi connectivity index (χ4v) is 0.376. The van der Waals surface area contributed by atoms with Gasteiger partial charge in [0.05, 0.1) is 19.8 Å². The molecule has 5 N–H and O–H groups in total. The van der Waals surface area contributed by atoms with Crippen molar-refractivity contribution < 1.29 is 49.4 Å². The molecule has 0 unspecified atom stereocenters. The first-order valence-electron chi connectivity index (χ1n) is 8.42. The summed E-state index contributed by atoms with van der Waals surface area (Å²) in [7, 11) is 0. The molecule has 0 radical (unpaired) electrons. The second kappa shape index (κ2) is 30.5. The lowest BCUT2D eigenvalue weighted by atomic mass is 10.4. The van der Waals surface area contributed by atoms with Gasteiger partial charge in [-0.1, -0.05) is 39.7 Å². The number of carboxylic acid groups (broad SMARTS) is 3. The summed E-state index contributed by atoms with van der Waals surface area (Å²) in [5.74, 6) is -3.18. The number of aliphatic hydroxyl groups is 2. The van der Waals surface area contributed by atoms with Gasteiger partial charge in [-0.3, -0.25) is 0 Å². The fraction of sp³-hybridized carbons (Fsp3) is 0.400. The van der Waals surface area contributed by atoms with Gasteiger partial charge in [0.2, 0.25) is 0 Å². The van der Waals surface area contributed by atoms with E-state index in [2.05, 4.69) is 31.1 Å². The highest BCUT2D eigenvalue weighted by molar-refractivity contribution is 5.85. The topological polar surface area (TPSA) is 179 Å². The molecule has 0 aliphatic carbocycles. The van der Waals surface area contributed by atoms with Gasteiger partial charge >= 0.3 is 23.9 Å². The van der Waals surface area contributed by atoms with Crippen molar-refractivity contribution in [2.24, 2.45) is 0 Å². The molecule has 0 bridgehead atoms. The molecule has 0 saturated carbocycles. The molecule has 0 amide bonds. The Hall–Kier alpha value is -3.24. The summed E-state index contributed by atoms with van der Waals surface area (Å²) in [6.07, 6.45) is 3.99. The average molecular weight is 434 g/mol. The molecule has 0 rings (SSSR count). The standard InChI is InChI=1S/C7H12O2.2C4H6O2.C3H4O2.C2H6O2/c1-3-5-6-9-7(8)4-2;2*1-3(2)4(5)6;1-2-3(4)5;3-1-2-4/h4H,2-3,5-6H2,1H3;2*1H2,2H3,(H,5,6);2H,1H2,(H,4,5);3-4H,1-2H2. The quantitative estimate of drug-likeness (QED) is 0.215. The molecule has 0 aliphatic heterocycles. The predicted octanol–water partition coefficient (Wildman–Crippen LogP) is 2.04. The highest BCUT2D eigenvalue weighted by Crippen LogP contribution is 1.88. The van der Waals surface area contributed by atoms with E-state index in [1.165, 1.54) is 19.9 Å². The summed E-state index contributed by atoms with van der Waals surface area (Å²) in [4.78, 5) is 38.8. The number of aliphatic carboxylic acids is 3. The molecule has 30 heavy (non-hydrogen) atoms. The van der Waals surface area contributed by atoms with Gasteiger partial charge in [-0.15, -0.1) is 0 Å². The maximum Gasteiger partial charge on any atom is 0.330 e. The summed E-state index contributed by atoms with van der Waals surface area (Å²) < 4.78 is 4.67. The van der Waals surface area contributed by atoms with Crippen molar-refractivity contribution in [1.82, 2.24) is 0 Å². The van der Waals surface area contributed by atoms with Gasteiger partial charge in [0.15, 0.2) is 0 Å². The number of carbonyl (C=O) groups excluding carboxylic acids is 1. The monoisotopic (exact) mass is 434 g/mol. The van der Waals surface area contributed by atoms with Gasteiger partial charge < -0.3 is 30.3 Å². The number of ether oxygens (including phenoxy) is 1. The minimum Gasteiger partial charge on any atom is -0.478 e.